The summed E-state index contributed by atoms with van der Waals surface area (Å²) in [5, 5.41) is 0.526. The van der Waals surface area contributed by atoms with E-state index in [-0.39, 0.29) is 21.9 Å². The topological polar surface area (TPSA) is 51.5 Å². The van der Waals surface area contributed by atoms with Gasteiger partial charge in [-0.15, -0.1) is 0 Å². The van der Waals surface area contributed by atoms with E-state index in [1.807, 2.05) is 0 Å². The number of ether oxygens (including phenoxy) is 1. The highest BCUT2D eigenvalue weighted by molar-refractivity contribution is 6.42. The molecule has 0 saturated carbocycles. The zero-order chi connectivity index (χ0) is 27.2. The number of carbonyl (C=O) groups excluding carboxylic acids is 2. The Bertz CT molecular complexity index is 1500. The van der Waals surface area contributed by atoms with Gasteiger partial charge in [0.1, 0.15) is 0 Å². The number of anilines is 1. The normalized spacial score (nSPS) is 15.2. The van der Waals surface area contributed by atoms with E-state index in [0.29, 0.717) is 33.4 Å². The fourth-order valence-electron chi connectivity index (χ4n) is 4.48. The minimum atomic E-state index is -4.56. The third kappa shape index (κ3) is 4.67. The third-order valence-electron chi connectivity index (χ3n) is 6.17. The predicted molar refractivity (Wildman–Crippen MR) is 137 cm³/mol. The average Bonchev–Trinajstić information content (AvgIpc) is 3.25. The van der Waals surface area contributed by atoms with Crippen molar-refractivity contribution in [3.63, 3.8) is 0 Å². The van der Waals surface area contributed by atoms with Crippen LogP contribution in [0.5, 0.6) is 0 Å². The molecule has 5 nitrogen and oxygen atoms in total. The Balaban J connectivity index is 1.88. The molecule has 0 fully saturated rings. The lowest BCUT2D eigenvalue weighted by Crippen LogP contribution is -2.24. The SMILES string of the molecule is COC(=O)C1=C(C)N(c2ccc(Cl)c(Cl)c2)C(=O)/C1=C\c1cc(C)n(-c2ccccc2C(F)(F)F)c1C. The summed E-state index contributed by atoms with van der Waals surface area (Å²) in [6, 6.07) is 11.5. The number of amides is 1. The highest BCUT2D eigenvalue weighted by Gasteiger charge is 2.39. The molecule has 0 unspecified atom stereocenters. The first-order valence-electron chi connectivity index (χ1n) is 11.0. The molecule has 192 valence electrons. The lowest BCUT2D eigenvalue weighted by molar-refractivity contribution is -0.137. The van der Waals surface area contributed by atoms with Crippen LogP contribution in [-0.2, 0) is 20.5 Å². The van der Waals surface area contributed by atoms with Gasteiger partial charge in [-0.25, -0.2) is 4.79 Å². The lowest BCUT2D eigenvalue weighted by atomic mass is 10.0. The maximum absolute atomic E-state index is 13.7. The van der Waals surface area contributed by atoms with Crippen LogP contribution in [0.1, 0.15) is 29.4 Å². The molecule has 37 heavy (non-hydrogen) atoms. The number of hydrogen-bond donors (Lipinski definition) is 0. The Morgan fingerprint density at radius 2 is 1.68 bits per heavy atom. The minimum Gasteiger partial charge on any atom is -0.465 e. The van der Waals surface area contributed by atoms with Crippen molar-refractivity contribution in [2.24, 2.45) is 0 Å². The van der Waals surface area contributed by atoms with E-state index in [0.717, 1.165) is 6.07 Å². The van der Waals surface area contributed by atoms with Gasteiger partial charge in [-0.1, -0.05) is 35.3 Å². The minimum absolute atomic E-state index is 0.0373. The molecular formula is C27H21Cl2F3N2O3. The van der Waals surface area contributed by atoms with E-state index >= 15 is 0 Å². The van der Waals surface area contributed by atoms with Crippen LogP contribution in [-0.4, -0.2) is 23.6 Å². The first-order valence-corrected chi connectivity index (χ1v) is 11.8. The van der Waals surface area contributed by atoms with Crippen molar-refractivity contribution in [3.05, 3.63) is 97.9 Å². The largest absolute Gasteiger partial charge is 0.465 e. The number of esters is 1. The van der Waals surface area contributed by atoms with Crippen molar-refractivity contribution in [1.29, 1.82) is 0 Å². The molecule has 2 heterocycles. The number of benzene rings is 2. The molecule has 3 aromatic rings. The molecule has 4 rings (SSSR count). The number of para-hydroxylation sites is 1. The Hall–Kier alpha value is -3.49. The van der Waals surface area contributed by atoms with Crippen molar-refractivity contribution in [2.45, 2.75) is 26.9 Å². The van der Waals surface area contributed by atoms with Crippen molar-refractivity contribution in [3.8, 4) is 5.69 Å². The van der Waals surface area contributed by atoms with Crippen LogP contribution in [0.25, 0.3) is 11.8 Å². The zero-order valence-corrected chi connectivity index (χ0v) is 21.7. The molecule has 2 aromatic carbocycles. The van der Waals surface area contributed by atoms with Crippen LogP contribution >= 0.6 is 23.2 Å². The monoisotopic (exact) mass is 548 g/mol. The van der Waals surface area contributed by atoms with Gasteiger partial charge >= 0.3 is 12.1 Å². The first kappa shape index (κ1) is 26.6. The molecule has 1 aromatic heterocycles. The number of rotatable bonds is 4. The van der Waals surface area contributed by atoms with Gasteiger partial charge in [0.2, 0.25) is 0 Å². The van der Waals surface area contributed by atoms with E-state index in [2.05, 4.69) is 0 Å². The van der Waals surface area contributed by atoms with Crippen LogP contribution in [0.4, 0.5) is 18.9 Å². The lowest BCUT2D eigenvalue weighted by Gasteiger charge is -2.18. The average molecular weight is 549 g/mol. The number of allylic oxidation sites excluding steroid dienone is 1. The summed E-state index contributed by atoms with van der Waals surface area (Å²) in [4.78, 5) is 27.6. The van der Waals surface area contributed by atoms with Gasteiger partial charge in [-0.05, 0) is 68.8 Å². The van der Waals surface area contributed by atoms with Crippen LogP contribution in [0, 0.1) is 13.8 Å². The summed E-state index contributed by atoms with van der Waals surface area (Å²) >= 11 is 12.2. The Morgan fingerprint density at radius 1 is 1.00 bits per heavy atom. The second-order valence-corrected chi connectivity index (χ2v) is 9.24. The fraction of sp³-hybridized carbons (Fsp3) is 0.185. The van der Waals surface area contributed by atoms with Crippen LogP contribution in [0.3, 0.4) is 0 Å². The highest BCUT2D eigenvalue weighted by atomic mass is 35.5. The van der Waals surface area contributed by atoms with Gasteiger partial charge < -0.3 is 9.30 Å². The third-order valence-corrected chi connectivity index (χ3v) is 6.91. The van der Waals surface area contributed by atoms with Gasteiger partial charge in [0.05, 0.1) is 45.2 Å². The maximum Gasteiger partial charge on any atom is 0.418 e. The van der Waals surface area contributed by atoms with E-state index in [1.165, 1.54) is 53.0 Å². The summed E-state index contributed by atoms with van der Waals surface area (Å²) < 4.78 is 47.5. The molecule has 0 saturated heterocycles. The van der Waals surface area contributed by atoms with Crippen molar-refractivity contribution < 1.29 is 27.5 Å². The Kier molecular flexibility index (Phi) is 7.01. The quantitative estimate of drug-likeness (QED) is 0.254. The van der Waals surface area contributed by atoms with Gasteiger partial charge in [-0.2, -0.15) is 13.2 Å². The molecule has 0 aliphatic carbocycles. The first-order chi connectivity index (χ1) is 17.4. The van der Waals surface area contributed by atoms with Crippen molar-refractivity contribution >= 4 is 46.8 Å². The zero-order valence-electron chi connectivity index (χ0n) is 20.2. The molecule has 1 aliphatic heterocycles. The molecule has 1 amide bonds. The summed E-state index contributed by atoms with van der Waals surface area (Å²) in [6.07, 6.45) is -3.07. The van der Waals surface area contributed by atoms with Crippen LogP contribution in [0.15, 0.2) is 65.4 Å². The van der Waals surface area contributed by atoms with Gasteiger partial charge in [-0.3, -0.25) is 9.69 Å². The van der Waals surface area contributed by atoms with Crippen LogP contribution < -0.4 is 4.90 Å². The van der Waals surface area contributed by atoms with Crippen LogP contribution in [0.2, 0.25) is 10.0 Å². The molecule has 0 atom stereocenters. The van der Waals surface area contributed by atoms with E-state index < -0.39 is 23.6 Å². The molecule has 10 heteroatoms. The summed E-state index contributed by atoms with van der Waals surface area (Å²) in [5.74, 6) is -1.24. The number of halogens is 5. The molecule has 0 N–H and O–H groups in total. The van der Waals surface area contributed by atoms with E-state index in [1.54, 1.807) is 32.9 Å². The second kappa shape index (κ2) is 9.76. The number of hydrogen-bond acceptors (Lipinski definition) is 3. The van der Waals surface area contributed by atoms with E-state index in [9.17, 15) is 22.8 Å². The summed E-state index contributed by atoms with van der Waals surface area (Å²) in [6.45, 7) is 4.91. The number of aryl methyl sites for hydroxylation is 1. The number of alkyl halides is 3. The molecule has 0 bridgehead atoms. The fourth-order valence-corrected chi connectivity index (χ4v) is 4.78. The van der Waals surface area contributed by atoms with E-state index in [4.69, 9.17) is 27.9 Å². The summed E-state index contributed by atoms with van der Waals surface area (Å²) in [5.41, 5.74) is 1.43. The molecule has 0 radical (unpaired) electrons. The molecule has 1 aliphatic rings. The number of aromatic nitrogens is 1. The Morgan fingerprint density at radius 3 is 2.30 bits per heavy atom. The van der Waals surface area contributed by atoms with Gasteiger partial charge in [0.25, 0.3) is 5.91 Å². The highest BCUT2D eigenvalue weighted by Crippen LogP contribution is 2.39. The molecular weight excluding hydrogens is 528 g/mol. The standard InChI is InChI=1S/C27H21Cl2F3N2O3/c1-14-11-17(15(2)33(14)23-8-6-5-7-20(23)27(30,31)32)12-19-24(26(36)37-4)16(3)34(25(19)35)18-9-10-21(28)22(29)13-18/h5-13H,1-4H3/b19-12-. The maximum atomic E-state index is 13.7. The second-order valence-electron chi connectivity index (χ2n) is 8.43. The molecule has 0 spiro atoms. The predicted octanol–water partition coefficient (Wildman–Crippen LogP) is 7.30. The smallest absolute Gasteiger partial charge is 0.418 e. The number of methoxy groups -OCH3 is 1. The number of carbonyl (C=O) groups is 2. The summed E-state index contributed by atoms with van der Waals surface area (Å²) in [7, 11) is 1.20. The Labute approximate surface area is 221 Å². The van der Waals surface area contributed by atoms with Crippen molar-refractivity contribution in [1.82, 2.24) is 4.57 Å². The van der Waals surface area contributed by atoms with Gasteiger partial charge in [0, 0.05) is 17.1 Å². The van der Waals surface area contributed by atoms with Gasteiger partial charge in [0.15, 0.2) is 0 Å². The number of nitrogens with zero attached hydrogens (tertiary/aromatic N) is 2. The van der Waals surface area contributed by atoms with Crippen molar-refractivity contribution in [2.75, 3.05) is 12.0 Å².